The van der Waals surface area contributed by atoms with Gasteiger partial charge in [0.05, 0.1) is 16.6 Å². The molecule has 0 fully saturated rings. The van der Waals surface area contributed by atoms with Crippen molar-refractivity contribution in [1.29, 1.82) is 0 Å². The molecule has 27 heavy (non-hydrogen) atoms. The smallest absolute Gasteiger partial charge is 0.252 e. The van der Waals surface area contributed by atoms with E-state index in [1.54, 1.807) is 43.3 Å². The Balaban J connectivity index is 1.87. The van der Waals surface area contributed by atoms with Crippen molar-refractivity contribution >= 4 is 15.9 Å². The minimum absolute atomic E-state index is 0.00885. The third-order valence-corrected chi connectivity index (χ3v) is 4.98. The van der Waals surface area contributed by atoms with Gasteiger partial charge in [0.25, 0.3) is 5.91 Å². The second kappa shape index (κ2) is 8.96. The van der Waals surface area contributed by atoms with Crippen LogP contribution in [-0.4, -0.2) is 39.1 Å². The van der Waals surface area contributed by atoms with E-state index in [4.69, 9.17) is 15.6 Å². The number of carbonyl (C=O) groups excluding carboxylic acids is 1. The van der Waals surface area contributed by atoms with Crippen molar-refractivity contribution in [2.24, 2.45) is 10.9 Å². The van der Waals surface area contributed by atoms with Crippen LogP contribution in [-0.2, 0) is 10.0 Å². The largest absolute Gasteiger partial charge is 0.491 e. The fourth-order valence-electron chi connectivity index (χ4n) is 2.52. The second-order valence-corrected chi connectivity index (χ2v) is 7.53. The summed E-state index contributed by atoms with van der Waals surface area (Å²) in [5, 5.41) is 18.4. The minimum Gasteiger partial charge on any atom is -0.491 e. The highest BCUT2D eigenvalue weighted by Crippen LogP contribution is 2.20. The number of hydrogen-bond acceptors (Lipinski definition) is 6. The molecule has 1 unspecified atom stereocenters. The zero-order valence-electron chi connectivity index (χ0n) is 14.9. The Morgan fingerprint density at radius 2 is 1.96 bits per heavy atom. The van der Waals surface area contributed by atoms with E-state index in [-0.39, 0.29) is 18.0 Å². The van der Waals surface area contributed by atoms with Crippen LogP contribution in [0.3, 0.4) is 0 Å². The molecule has 9 heteroatoms. The Bertz CT molecular complexity index is 915. The van der Waals surface area contributed by atoms with E-state index in [2.05, 4.69) is 5.32 Å². The van der Waals surface area contributed by atoms with Crippen LogP contribution in [0.15, 0.2) is 47.4 Å². The monoisotopic (exact) mass is 393 g/mol. The highest BCUT2D eigenvalue weighted by Gasteiger charge is 2.15. The Kier molecular flexibility index (Phi) is 6.92. The van der Waals surface area contributed by atoms with Crippen molar-refractivity contribution in [3.05, 3.63) is 59.2 Å². The lowest BCUT2D eigenvalue weighted by atomic mass is 10.1. The number of primary amides is 1. The van der Waals surface area contributed by atoms with Gasteiger partial charge in [0.1, 0.15) is 12.4 Å². The number of primary sulfonamides is 1. The SMILES string of the molecule is Cc1ccc(C(O)CNCCOc2ccccc2C(N)=O)cc1S(N)(=O)=O. The summed E-state index contributed by atoms with van der Waals surface area (Å²) < 4.78 is 28.7. The van der Waals surface area contributed by atoms with Gasteiger partial charge in [-0.1, -0.05) is 24.3 Å². The summed E-state index contributed by atoms with van der Waals surface area (Å²) in [4.78, 5) is 11.3. The third-order valence-electron chi connectivity index (χ3n) is 3.93. The lowest BCUT2D eigenvalue weighted by Crippen LogP contribution is -2.26. The molecule has 0 spiro atoms. The van der Waals surface area contributed by atoms with Crippen LogP contribution in [0.5, 0.6) is 5.75 Å². The molecular formula is C18H23N3O5S. The number of amides is 1. The zero-order chi connectivity index (χ0) is 20.0. The maximum atomic E-state index is 11.6. The van der Waals surface area contributed by atoms with Crippen LogP contribution in [0.25, 0.3) is 0 Å². The van der Waals surface area contributed by atoms with E-state index < -0.39 is 22.0 Å². The molecule has 2 rings (SSSR count). The summed E-state index contributed by atoms with van der Waals surface area (Å²) in [5.41, 5.74) is 6.54. The van der Waals surface area contributed by atoms with Crippen molar-refractivity contribution in [1.82, 2.24) is 5.32 Å². The van der Waals surface area contributed by atoms with Crippen LogP contribution in [0.2, 0.25) is 0 Å². The number of sulfonamides is 1. The summed E-state index contributed by atoms with van der Waals surface area (Å²) in [6.45, 7) is 2.48. The summed E-state index contributed by atoms with van der Waals surface area (Å²) >= 11 is 0. The molecule has 0 radical (unpaired) electrons. The van der Waals surface area contributed by atoms with Gasteiger partial charge < -0.3 is 20.9 Å². The lowest BCUT2D eigenvalue weighted by molar-refractivity contribution is 0.0996. The number of ether oxygens (including phenoxy) is 1. The fourth-order valence-corrected chi connectivity index (χ4v) is 3.33. The predicted octanol–water partition coefficient (Wildman–Crippen LogP) is 0.443. The number of nitrogens with one attached hydrogen (secondary N) is 1. The molecule has 146 valence electrons. The Morgan fingerprint density at radius 1 is 1.26 bits per heavy atom. The summed E-state index contributed by atoms with van der Waals surface area (Å²) in [6, 6.07) is 11.3. The molecule has 0 aromatic heterocycles. The Hall–Kier alpha value is -2.46. The first kappa shape index (κ1) is 20.8. The molecule has 1 amide bonds. The predicted molar refractivity (Wildman–Crippen MR) is 101 cm³/mol. The molecule has 0 saturated carbocycles. The van der Waals surface area contributed by atoms with Gasteiger partial charge in [-0.15, -0.1) is 0 Å². The topological polar surface area (TPSA) is 145 Å². The average Bonchev–Trinajstić information content (AvgIpc) is 2.60. The maximum Gasteiger partial charge on any atom is 0.252 e. The maximum absolute atomic E-state index is 11.6. The molecule has 0 aliphatic carbocycles. The number of rotatable bonds is 9. The number of carbonyl (C=O) groups is 1. The van der Waals surface area contributed by atoms with Crippen LogP contribution < -0.4 is 20.9 Å². The molecule has 0 aliphatic heterocycles. The number of para-hydroxylation sites is 1. The highest BCUT2D eigenvalue weighted by atomic mass is 32.2. The van der Waals surface area contributed by atoms with Gasteiger partial charge in [-0.3, -0.25) is 4.79 Å². The first-order valence-electron chi connectivity index (χ1n) is 8.24. The number of hydrogen-bond donors (Lipinski definition) is 4. The number of aryl methyl sites for hydroxylation is 1. The molecule has 1 atom stereocenters. The van der Waals surface area contributed by atoms with Gasteiger partial charge in [0.2, 0.25) is 10.0 Å². The van der Waals surface area contributed by atoms with Gasteiger partial charge in [-0.25, -0.2) is 13.6 Å². The fraction of sp³-hybridized carbons (Fsp3) is 0.278. The molecule has 0 bridgehead atoms. The Morgan fingerprint density at radius 3 is 2.63 bits per heavy atom. The molecule has 6 N–H and O–H groups in total. The second-order valence-electron chi connectivity index (χ2n) is 6.00. The van der Waals surface area contributed by atoms with Gasteiger partial charge >= 0.3 is 0 Å². The molecule has 2 aromatic carbocycles. The first-order valence-corrected chi connectivity index (χ1v) is 9.78. The minimum atomic E-state index is -3.85. The van der Waals surface area contributed by atoms with Crippen LogP contribution in [0.4, 0.5) is 0 Å². The van der Waals surface area contributed by atoms with E-state index in [9.17, 15) is 18.3 Å². The normalized spacial score (nSPS) is 12.6. The molecule has 0 saturated heterocycles. The average molecular weight is 393 g/mol. The number of benzene rings is 2. The van der Waals surface area contributed by atoms with E-state index in [1.165, 1.54) is 6.07 Å². The van der Waals surface area contributed by atoms with Crippen LogP contribution in [0, 0.1) is 6.92 Å². The van der Waals surface area contributed by atoms with E-state index in [0.29, 0.717) is 29.0 Å². The van der Waals surface area contributed by atoms with Crippen molar-refractivity contribution in [2.75, 3.05) is 19.7 Å². The van der Waals surface area contributed by atoms with Gasteiger partial charge in [0, 0.05) is 13.1 Å². The summed E-state index contributed by atoms with van der Waals surface area (Å²) in [6.07, 6.45) is -0.913. The van der Waals surface area contributed by atoms with E-state index >= 15 is 0 Å². The number of nitrogens with two attached hydrogens (primary N) is 2. The number of aliphatic hydroxyl groups excluding tert-OH is 1. The number of aliphatic hydroxyl groups is 1. The molecule has 2 aromatic rings. The Labute approximate surface area is 158 Å². The van der Waals surface area contributed by atoms with Crippen molar-refractivity contribution in [2.45, 2.75) is 17.9 Å². The van der Waals surface area contributed by atoms with Gasteiger partial charge in [-0.2, -0.15) is 0 Å². The van der Waals surface area contributed by atoms with E-state index in [1.807, 2.05) is 0 Å². The van der Waals surface area contributed by atoms with E-state index in [0.717, 1.165) is 0 Å². The molecule has 8 nitrogen and oxygen atoms in total. The van der Waals surface area contributed by atoms with Gasteiger partial charge in [-0.05, 0) is 36.2 Å². The van der Waals surface area contributed by atoms with Crippen molar-refractivity contribution < 1.29 is 23.1 Å². The third kappa shape index (κ3) is 5.76. The van der Waals surface area contributed by atoms with Crippen molar-refractivity contribution in [3.63, 3.8) is 0 Å². The summed E-state index contributed by atoms with van der Waals surface area (Å²) in [5.74, 6) is -0.178. The highest BCUT2D eigenvalue weighted by molar-refractivity contribution is 7.89. The quantitative estimate of drug-likeness (QED) is 0.455. The lowest BCUT2D eigenvalue weighted by Gasteiger charge is -2.15. The summed E-state index contributed by atoms with van der Waals surface area (Å²) in [7, 11) is -3.85. The van der Waals surface area contributed by atoms with Crippen LogP contribution in [0.1, 0.15) is 27.6 Å². The molecule has 0 aliphatic rings. The van der Waals surface area contributed by atoms with Crippen LogP contribution >= 0.6 is 0 Å². The molecular weight excluding hydrogens is 370 g/mol. The first-order chi connectivity index (χ1) is 12.7. The van der Waals surface area contributed by atoms with Gasteiger partial charge in [0.15, 0.2) is 0 Å². The standard InChI is InChI=1S/C18H23N3O5S/c1-12-6-7-13(10-17(12)27(20,24)25)15(22)11-21-8-9-26-16-5-3-2-4-14(16)18(19)23/h2-7,10,15,21-22H,8-9,11H2,1H3,(H2,19,23)(H2,20,24,25). The van der Waals surface area contributed by atoms with Crippen molar-refractivity contribution in [3.8, 4) is 5.75 Å². The molecule has 0 heterocycles. The zero-order valence-corrected chi connectivity index (χ0v) is 15.7.